The Labute approximate surface area is 108 Å². The van der Waals surface area contributed by atoms with Crippen LogP contribution in [0.1, 0.15) is 39.0 Å². The van der Waals surface area contributed by atoms with Crippen molar-refractivity contribution < 1.29 is 9.59 Å². The Bertz CT molecular complexity index is 332. The van der Waals surface area contributed by atoms with Crippen molar-refractivity contribution in [3.63, 3.8) is 0 Å². The van der Waals surface area contributed by atoms with Gasteiger partial charge in [-0.25, -0.2) is 0 Å². The summed E-state index contributed by atoms with van der Waals surface area (Å²) in [6, 6.07) is -0.370. The van der Waals surface area contributed by atoms with Crippen molar-refractivity contribution in [2.45, 2.75) is 51.1 Å². The minimum atomic E-state index is -0.403. The van der Waals surface area contributed by atoms with Crippen LogP contribution < -0.4 is 11.1 Å². The second-order valence-electron chi connectivity index (χ2n) is 5.34. The van der Waals surface area contributed by atoms with Gasteiger partial charge in [-0.05, 0) is 19.3 Å². The molecule has 2 amide bonds. The lowest BCUT2D eigenvalue weighted by Crippen LogP contribution is -2.54. The first-order valence-corrected chi connectivity index (χ1v) is 6.99. The molecular formula is C13H23N3O2. The van der Waals surface area contributed by atoms with Crippen LogP contribution in [-0.4, -0.2) is 41.9 Å². The first-order chi connectivity index (χ1) is 8.65. The third kappa shape index (κ3) is 2.51. The summed E-state index contributed by atoms with van der Waals surface area (Å²) in [6.45, 7) is 3.43. The molecule has 0 aromatic carbocycles. The Kier molecular flexibility index (Phi) is 4.22. The molecule has 3 unspecified atom stereocenters. The number of hydrogen-bond donors (Lipinski definition) is 2. The maximum absolute atomic E-state index is 12.3. The lowest BCUT2D eigenvalue weighted by Gasteiger charge is -2.37. The van der Waals surface area contributed by atoms with Crippen LogP contribution in [0.2, 0.25) is 0 Å². The van der Waals surface area contributed by atoms with Gasteiger partial charge in [0.1, 0.15) is 0 Å². The highest BCUT2D eigenvalue weighted by atomic mass is 16.2. The van der Waals surface area contributed by atoms with E-state index < -0.39 is 6.04 Å². The van der Waals surface area contributed by atoms with E-state index in [4.69, 9.17) is 5.73 Å². The number of piperidine rings is 1. The van der Waals surface area contributed by atoms with Crippen LogP contribution in [0, 0.1) is 5.92 Å². The number of unbranched alkanes of at least 4 members (excludes halogenated alkanes) is 1. The van der Waals surface area contributed by atoms with E-state index in [1.54, 1.807) is 0 Å². The molecule has 0 saturated carbocycles. The standard InChI is InChI=1S/C13H23N3O2/c1-2-3-6-10(14)13(18)16-7-4-5-9-11(16)8-15-12(9)17/h9-11H,2-8,14H2,1H3,(H,15,17). The van der Waals surface area contributed by atoms with Gasteiger partial charge in [0.25, 0.3) is 0 Å². The zero-order valence-corrected chi connectivity index (χ0v) is 11.0. The van der Waals surface area contributed by atoms with Crippen molar-refractivity contribution in [3.8, 4) is 0 Å². The van der Waals surface area contributed by atoms with Gasteiger partial charge in [0.15, 0.2) is 0 Å². The van der Waals surface area contributed by atoms with Gasteiger partial charge >= 0.3 is 0 Å². The van der Waals surface area contributed by atoms with Gasteiger partial charge in [0, 0.05) is 13.1 Å². The summed E-state index contributed by atoms with van der Waals surface area (Å²) in [5, 5.41) is 2.85. The maximum atomic E-state index is 12.3. The van der Waals surface area contributed by atoms with Crippen LogP contribution in [0.25, 0.3) is 0 Å². The van der Waals surface area contributed by atoms with Gasteiger partial charge in [-0.2, -0.15) is 0 Å². The topological polar surface area (TPSA) is 75.4 Å². The molecule has 2 fully saturated rings. The summed E-state index contributed by atoms with van der Waals surface area (Å²) < 4.78 is 0. The monoisotopic (exact) mass is 253 g/mol. The number of fused-ring (bicyclic) bond motifs is 1. The van der Waals surface area contributed by atoms with E-state index in [1.165, 1.54) is 0 Å². The van der Waals surface area contributed by atoms with E-state index in [0.29, 0.717) is 6.54 Å². The Hall–Kier alpha value is -1.10. The molecule has 2 saturated heterocycles. The van der Waals surface area contributed by atoms with Crippen LogP contribution in [-0.2, 0) is 9.59 Å². The van der Waals surface area contributed by atoms with Crippen LogP contribution in [0.4, 0.5) is 0 Å². The maximum Gasteiger partial charge on any atom is 0.239 e. The molecule has 0 aromatic heterocycles. The Morgan fingerprint density at radius 2 is 2.39 bits per heavy atom. The summed E-state index contributed by atoms with van der Waals surface area (Å²) in [5.74, 6) is 0.107. The van der Waals surface area contributed by atoms with Crippen molar-refractivity contribution in [1.29, 1.82) is 0 Å². The highest BCUT2D eigenvalue weighted by molar-refractivity contribution is 5.86. The number of nitrogens with zero attached hydrogens (tertiary/aromatic N) is 1. The lowest BCUT2D eigenvalue weighted by atomic mass is 9.90. The Balaban J connectivity index is 1.99. The number of carbonyl (C=O) groups is 2. The summed E-state index contributed by atoms with van der Waals surface area (Å²) >= 11 is 0. The van der Waals surface area contributed by atoms with Crippen LogP contribution in [0.5, 0.6) is 0 Å². The van der Waals surface area contributed by atoms with Gasteiger partial charge in [0.2, 0.25) is 11.8 Å². The quantitative estimate of drug-likeness (QED) is 0.753. The average molecular weight is 253 g/mol. The SMILES string of the molecule is CCCCC(N)C(=O)N1CCCC2C(=O)NCC21. The van der Waals surface area contributed by atoms with Gasteiger partial charge in [-0.3, -0.25) is 9.59 Å². The van der Waals surface area contributed by atoms with Crippen LogP contribution >= 0.6 is 0 Å². The zero-order valence-electron chi connectivity index (χ0n) is 11.0. The smallest absolute Gasteiger partial charge is 0.239 e. The highest BCUT2D eigenvalue weighted by Crippen LogP contribution is 2.27. The van der Waals surface area contributed by atoms with E-state index in [-0.39, 0.29) is 23.8 Å². The molecule has 0 aromatic rings. The first kappa shape index (κ1) is 13.3. The van der Waals surface area contributed by atoms with Gasteiger partial charge < -0.3 is 16.0 Å². The predicted molar refractivity (Wildman–Crippen MR) is 68.7 cm³/mol. The molecule has 2 aliphatic rings. The number of likely N-dealkylation sites (tertiary alicyclic amines) is 1. The van der Waals surface area contributed by atoms with Gasteiger partial charge in [-0.1, -0.05) is 19.8 Å². The number of amides is 2. The summed E-state index contributed by atoms with van der Waals surface area (Å²) in [6.07, 6.45) is 4.56. The molecule has 3 atom stereocenters. The molecule has 5 heteroatoms. The lowest BCUT2D eigenvalue weighted by molar-refractivity contribution is -0.138. The molecule has 0 aliphatic carbocycles. The minimum Gasteiger partial charge on any atom is -0.354 e. The third-order valence-corrected chi connectivity index (χ3v) is 4.07. The van der Waals surface area contributed by atoms with Crippen LogP contribution in [0.15, 0.2) is 0 Å². The minimum absolute atomic E-state index is 0.0129. The summed E-state index contributed by atoms with van der Waals surface area (Å²) in [7, 11) is 0. The fourth-order valence-corrected chi connectivity index (χ4v) is 2.99. The molecule has 0 bridgehead atoms. The second-order valence-corrected chi connectivity index (χ2v) is 5.34. The number of nitrogens with one attached hydrogen (secondary N) is 1. The van der Waals surface area contributed by atoms with E-state index in [9.17, 15) is 9.59 Å². The molecular weight excluding hydrogens is 230 g/mol. The number of nitrogens with two attached hydrogens (primary N) is 1. The molecule has 18 heavy (non-hydrogen) atoms. The van der Waals surface area contributed by atoms with Crippen molar-refractivity contribution in [3.05, 3.63) is 0 Å². The van der Waals surface area contributed by atoms with Crippen molar-refractivity contribution >= 4 is 11.8 Å². The van der Waals surface area contributed by atoms with Crippen molar-refractivity contribution in [2.24, 2.45) is 11.7 Å². The van der Waals surface area contributed by atoms with E-state index >= 15 is 0 Å². The molecule has 0 radical (unpaired) electrons. The number of hydrogen-bond acceptors (Lipinski definition) is 3. The Morgan fingerprint density at radius 3 is 3.11 bits per heavy atom. The first-order valence-electron chi connectivity index (χ1n) is 6.99. The average Bonchev–Trinajstić information content (AvgIpc) is 2.77. The highest BCUT2D eigenvalue weighted by Gasteiger charge is 2.43. The number of rotatable bonds is 4. The van der Waals surface area contributed by atoms with E-state index in [0.717, 1.165) is 38.6 Å². The van der Waals surface area contributed by atoms with Crippen molar-refractivity contribution in [1.82, 2.24) is 10.2 Å². The van der Waals surface area contributed by atoms with Crippen molar-refractivity contribution in [2.75, 3.05) is 13.1 Å². The molecule has 5 nitrogen and oxygen atoms in total. The predicted octanol–water partition coefficient (Wildman–Crippen LogP) is 0.241. The molecule has 0 spiro atoms. The molecule has 2 heterocycles. The molecule has 2 rings (SSSR count). The Morgan fingerprint density at radius 1 is 1.61 bits per heavy atom. The number of carbonyl (C=O) groups excluding carboxylic acids is 2. The van der Waals surface area contributed by atoms with Gasteiger partial charge in [0.05, 0.1) is 18.0 Å². The third-order valence-electron chi connectivity index (χ3n) is 4.07. The fraction of sp³-hybridized carbons (Fsp3) is 0.846. The largest absolute Gasteiger partial charge is 0.354 e. The molecule has 2 aliphatic heterocycles. The van der Waals surface area contributed by atoms with Gasteiger partial charge in [-0.15, -0.1) is 0 Å². The normalized spacial score (nSPS) is 28.8. The summed E-state index contributed by atoms with van der Waals surface area (Å²) in [5.41, 5.74) is 5.96. The molecule has 3 N–H and O–H groups in total. The fourth-order valence-electron chi connectivity index (χ4n) is 2.99. The van der Waals surface area contributed by atoms with E-state index in [2.05, 4.69) is 12.2 Å². The molecule has 102 valence electrons. The van der Waals surface area contributed by atoms with Crippen LogP contribution in [0.3, 0.4) is 0 Å². The second kappa shape index (κ2) is 5.69. The zero-order chi connectivity index (χ0) is 13.1. The van der Waals surface area contributed by atoms with E-state index in [1.807, 2.05) is 4.90 Å². The summed E-state index contributed by atoms with van der Waals surface area (Å²) in [4.78, 5) is 25.8.